The van der Waals surface area contributed by atoms with E-state index in [1.807, 2.05) is 77.7 Å². The molecule has 11 nitrogen and oxygen atoms in total. The lowest BCUT2D eigenvalue weighted by atomic mass is 9.97. The van der Waals surface area contributed by atoms with E-state index in [0.717, 1.165) is 80.1 Å². The number of alkyl carbamates (subject to hydrolysis) is 1. The Kier molecular flexibility index (Phi) is 22.8. The highest BCUT2D eigenvalue weighted by molar-refractivity contribution is 5.77. The number of nitrogens with one attached hydrogen (secondary N) is 1. The van der Waals surface area contributed by atoms with Crippen molar-refractivity contribution in [3.63, 3.8) is 0 Å². The van der Waals surface area contributed by atoms with Crippen LogP contribution < -0.4 is 10.1 Å². The molecular formula is C55H81N3O8. The molecule has 2 aliphatic rings. The predicted octanol–water partition coefficient (Wildman–Crippen LogP) is 10.7. The number of rotatable bonds is 29. The number of hydrogen-bond acceptors (Lipinski definition) is 9. The van der Waals surface area contributed by atoms with Crippen LogP contribution in [0.3, 0.4) is 0 Å². The highest BCUT2D eigenvalue weighted by Crippen LogP contribution is 2.40. The van der Waals surface area contributed by atoms with Crippen molar-refractivity contribution in [2.45, 2.75) is 180 Å². The van der Waals surface area contributed by atoms with Gasteiger partial charge in [-0.25, -0.2) is 4.79 Å². The summed E-state index contributed by atoms with van der Waals surface area (Å²) in [5.74, 6) is 0.329. The number of aliphatic hydroxyl groups is 1. The van der Waals surface area contributed by atoms with Crippen molar-refractivity contribution in [1.82, 2.24) is 15.1 Å². The zero-order valence-corrected chi connectivity index (χ0v) is 40.7. The largest absolute Gasteiger partial charge is 0.492 e. The molecule has 4 atom stereocenters. The van der Waals surface area contributed by atoms with Crippen molar-refractivity contribution in [1.29, 1.82) is 0 Å². The van der Waals surface area contributed by atoms with Crippen LogP contribution in [0.5, 0.6) is 5.75 Å². The Balaban J connectivity index is 1.24. The molecule has 0 spiro atoms. The van der Waals surface area contributed by atoms with Crippen molar-refractivity contribution in [3.05, 3.63) is 101 Å². The molecule has 1 aliphatic carbocycles. The Morgan fingerprint density at radius 3 is 2.06 bits per heavy atom. The summed E-state index contributed by atoms with van der Waals surface area (Å²) in [5, 5.41) is 14.6. The van der Waals surface area contributed by atoms with Gasteiger partial charge in [0.15, 0.2) is 0 Å². The number of carbonyl (C=O) groups excluding carboxylic acids is 3. The zero-order chi connectivity index (χ0) is 47.0. The normalized spacial score (nSPS) is 17.1. The van der Waals surface area contributed by atoms with Gasteiger partial charge in [-0.2, -0.15) is 0 Å². The molecule has 1 aliphatic heterocycles. The molecule has 364 valence electrons. The summed E-state index contributed by atoms with van der Waals surface area (Å²) in [6.45, 7) is 12.6. The van der Waals surface area contributed by atoms with E-state index in [9.17, 15) is 19.5 Å². The molecule has 5 rings (SSSR count). The van der Waals surface area contributed by atoms with Crippen LogP contribution in [0.25, 0.3) is 0 Å². The summed E-state index contributed by atoms with van der Waals surface area (Å²) < 4.78 is 23.5. The molecule has 0 unspecified atom stereocenters. The molecule has 0 saturated carbocycles. The lowest BCUT2D eigenvalue weighted by Crippen LogP contribution is -2.47. The van der Waals surface area contributed by atoms with Crippen LogP contribution in [0, 0.1) is 0 Å². The Morgan fingerprint density at radius 2 is 1.41 bits per heavy atom. The summed E-state index contributed by atoms with van der Waals surface area (Å²) >= 11 is 0. The van der Waals surface area contributed by atoms with Gasteiger partial charge in [0.25, 0.3) is 0 Å². The fourth-order valence-electron chi connectivity index (χ4n) is 9.10. The molecule has 1 heterocycles. The minimum Gasteiger partial charge on any atom is -0.492 e. The number of unbranched alkanes of at least 4 members (excludes halogenated alkanes) is 12. The predicted molar refractivity (Wildman–Crippen MR) is 261 cm³/mol. The summed E-state index contributed by atoms with van der Waals surface area (Å²) in [4.78, 5) is 45.5. The quantitative estimate of drug-likeness (QED) is 0.0517. The van der Waals surface area contributed by atoms with Crippen LogP contribution in [-0.2, 0) is 43.2 Å². The molecule has 2 amide bonds. The van der Waals surface area contributed by atoms with Gasteiger partial charge in [0.1, 0.15) is 24.1 Å². The first kappa shape index (κ1) is 52.5. The number of amides is 2. The topological polar surface area (TPSA) is 127 Å². The lowest BCUT2D eigenvalue weighted by Gasteiger charge is -2.34. The Morgan fingerprint density at radius 1 is 0.788 bits per heavy atom. The van der Waals surface area contributed by atoms with Gasteiger partial charge in [-0.3, -0.25) is 14.5 Å². The first-order chi connectivity index (χ1) is 32.0. The molecule has 0 aromatic heterocycles. The number of nitrogens with zero attached hydrogens (tertiary/aromatic N) is 2. The van der Waals surface area contributed by atoms with E-state index in [2.05, 4.69) is 23.2 Å². The summed E-state index contributed by atoms with van der Waals surface area (Å²) in [5.41, 5.74) is 3.12. The van der Waals surface area contributed by atoms with Crippen LogP contribution in [0.4, 0.5) is 4.79 Å². The molecule has 0 radical (unpaired) electrons. The maximum Gasteiger partial charge on any atom is 0.407 e. The van der Waals surface area contributed by atoms with Gasteiger partial charge < -0.3 is 34.3 Å². The summed E-state index contributed by atoms with van der Waals surface area (Å²) in [7, 11) is 0. The highest BCUT2D eigenvalue weighted by Gasteiger charge is 2.41. The van der Waals surface area contributed by atoms with Gasteiger partial charge in [0, 0.05) is 45.4 Å². The van der Waals surface area contributed by atoms with Crippen LogP contribution in [0.1, 0.15) is 159 Å². The molecule has 66 heavy (non-hydrogen) atoms. The SMILES string of the molecule is CCCCCCCCCCCCCCCC(=O)O[C@@H]1Cc2ccccc2[C@@H]1N(Cc1ccc(OCCN2CCOCC2)cc1)C(=O)CC[C@H](O)[C@H](Cc1ccccc1)NC(=O)OC(C)(C)C. The summed E-state index contributed by atoms with van der Waals surface area (Å²) in [6.07, 6.45) is 15.1. The van der Waals surface area contributed by atoms with E-state index in [4.69, 9.17) is 18.9 Å². The smallest absolute Gasteiger partial charge is 0.407 e. The van der Waals surface area contributed by atoms with Crippen molar-refractivity contribution < 1.29 is 38.4 Å². The average Bonchev–Trinajstić information content (AvgIpc) is 3.66. The van der Waals surface area contributed by atoms with E-state index in [1.54, 1.807) is 20.8 Å². The Hall–Kier alpha value is -4.45. The third-order valence-electron chi connectivity index (χ3n) is 12.7. The third-order valence-corrected chi connectivity index (χ3v) is 12.7. The average molecular weight is 912 g/mol. The Bertz CT molecular complexity index is 1840. The number of carbonyl (C=O) groups is 3. The van der Waals surface area contributed by atoms with E-state index in [1.165, 1.54) is 64.2 Å². The second-order valence-corrected chi connectivity index (χ2v) is 19.4. The fourth-order valence-corrected chi connectivity index (χ4v) is 9.10. The number of fused-ring (bicyclic) bond motifs is 1. The Labute approximate surface area is 396 Å². The van der Waals surface area contributed by atoms with Crippen molar-refractivity contribution >= 4 is 18.0 Å². The van der Waals surface area contributed by atoms with E-state index in [-0.39, 0.29) is 31.3 Å². The minimum absolute atomic E-state index is 0.00345. The van der Waals surface area contributed by atoms with E-state index in [0.29, 0.717) is 25.9 Å². The molecule has 11 heteroatoms. The van der Waals surface area contributed by atoms with Crippen molar-refractivity contribution in [2.24, 2.45) is 0 Å². The highest BCUT2D eigenvalue weighted by atomic mass is 16.6. The maximum atomic E-state index is 14.8. The lowest BCUT2D eigenvalue weighted by molar-refractivity contribution is -0.156. The van der Waals surface area contributed by atoms with Gasteiger partial charge in [0.2, 0.25) is 5.91 Å². The van der Waals surface area contributed by atoms with E-state index >= 15 is 0 Å². The first-order valence-electron chi connectivity index (χ1n) is 25.3. The number of ether oxygens (including phenoxy) is 4. The first-order valence-corrected chi connectivity index (χ1v) is 25.3. The van der Waals surface area contributed by atoms with Crippen molar-refractivity contribution in [2.75, 3.05) is 39.5 Å². The molecule has 3 aromatic rings. The molecule has 3 aromatic carbocycles. The van der Waals surface area contributed by atoms with Crippen LogP contribution >= 0.6 is 0 Å². The van der Waals surface area contributed by atoms with Crippen LogP contribution in [0.2, 0.25) is 0 Å². The van der Waals surface area contributed by atoms with Crippen LogP contribution in [0.15, 0.2) is 78.9 Å². The fraction of sp³-hybridized carbons (Fsp3) is 0.618. The van der Waals surface area contributed by atoms with Gasteiger partial charge >= 0.3 is 12.1 Å². The number of benzene rings is 3. The molecular weight excluding hydrogens is 831 g/mol. The number of hydrogen-bond donors (Lipinski definition) is 2. The van der Waals surface area contributed by atoms with Gasteiger partial charge in [-0.1, -0.05) is 151 Å². The molecule has 1 saturated heterocycles. The van der Waals surface area contributed by atoms with E-state index < -0.39 is 36.0 Å². The van der Waals surface area contributed by atoms with Gasteiger partial charge in [-0.05, 0) is 74.4 Å². The van der Waals surface area contributed by atoms with Gasteiger partial charge in [-0.15, -0.1) is 0 Å². The second kappa shape index (κ2) is 28.7. The standard InChI is InChI=1S/C55H81N3O8/c1-5-6-7-8-9-10-11-12-13-14-15-16-20-27-52(61)65-50-41-45-25-21-22-26-47(45)53(50)58(42-44-28-30-46(31-29-44)64-39-36-57-34-37-63-38-35-57)51(60)33-32-49(59)48(40-43-23-18-17-19-24-43)56-54(62)66-55(2,3)4/h17-19,21-26,28-31,48-50,53,59H,5-16,20,27,32-42H2,1-4H3,(H,56,62)/t48-,49-,50+,53-/m0/s1. The maximum absolute atomic E-state index is 14.8. The second-order valence-electron chi connectivity index (χ2n) is 19.4. The molecule has 0 bridgehead atoms. The van der Waals surface area contributed by atoms with Crippen molar-refractivity contribution in [3.8, 4) is 5.75 Å². The summed E-state index contributed by atoms with van der Waals surface area (Å²) in [6, 6.07) is 24.3. The third kappa shape index (κ3) is 19.0. The number of aliphatic hydroxyl groups excluding tert-OH is 1. The molecule has 1 fully saturated rings. The number of esters is 1. The zero-order valence-electron chi connectivity index (χ0n) is 40.7. The monoisotopic (exact) mass is 912 g/mol. The van der Waals surface area contributed by atoms with Crippen LogP contribution in [-0.4, -0.2) is 96.2 Å². The molecule has 2 N–H and O–H groups in total. The van der Waals surface area contributed by atoms with Gasteiger partial charge in [0.05, 0.1) is 31.4 Å². The number of morpholine rings is 1. The minimum atomic E-state index is -1.05.